The van der Waals surface area contributed by atoms with Crippen LogP contribution in [-0.2, 0) is 13.6 Å². The maximum Gasteiger partial charge on any atom is 0.254 e. The number of nitrogens with zero attached hydrogens (tertiary/aromatic N) is 4. The Morgan fingerprint density at radius 3 is 2.68 bits per heavy atom. The van der Waals surface area contributed by atoms with E-state index in [-0.39, 0.29) is 18.3 Å². The van der Waals surface area contributed by atoms with Crippen molar-refractivity contribution in [3.8, 4) is 0 Å². The van der Waals surface area contributed by atoms with Crippen LogP contribution in [0, 0.1) is 0 Å². The average Bonchev–Trinajstić information content (AvgIpc) is 2.99. The number of carbonyl (C=O) groups is 1. The molecule has 0 unspecified atom stereocenters. The number of aryl methyl sites for hydroxylation is 1. The van der Waals surface area contributed by atoms with Gasteiger partial charge in [-0.3, -0.25) is 4.79 Å². The van der Waals surface area contributed by atoms with Crippen LogP contribution in [0.25, 0.3) is 11.0 Å². The highest BCUT2D eigenvalue weighted by Crippen LogP contribution is 2.16. The van der Waals surface area contributed by atoms with E-state index in [2.05, 4.69) is 10.3 Å². The van der Waals surface area contributed by atoms with E-state index >= 15 is 0 Å². The Labute approximate surface area is 153 Å². The van der Waals surface area contributed by atoms with Crippen molar-refractivity contribution < 1.29 is 4.79 Å². The maximum absolute atomic E-state index is 12.9. The predicted molar refractivity (Wildman–Crippen MR) is 101 cm³/mol. The Bertz CT molecular complexity index is 834. The molecule has 0 spiro atoms. The molecule has 25 heavy (non-hydrogen) atoms. The second-order valence-corrected chi connectivity index (χ2v) is 5.77. The van der Waals surface area contributed by atoms with Crippen LogP contribution in [0.1, 0.15) is 22.3 Å². The number of hydrogen-bond donors (Lipinski definition) is 1. The molecule has 0 aliphatic heterocycles. The van der Waals surface area contributed by atoms with Crippen LogP contribution in [0.3, 0.4) is 0 Å². The summed E-state index contributed by atoms with van der Waals surface area (Å²) < 4.78 is 1.69. The summed E-state index contributed by atoms with van der Waals surface area (Å²) >= 11 is 0. The molecule has 0 bridgehead atoms. The fourth-order valence-corrected chi connectivity index (χ4v) is 2.69. The molecule has 0 radical (unpaired) electrons. The lowest BCUT2D eigenvalue weighted by Crippen LogP contribution is -2.32. The zero-order valence-corrected chi connectivity index (χ0v) is 14.9. The monoisotopic (exact) mass is 359 g/mol. The highest BCUT2D eigenvalue weighted by Gasteiger charge is 2.17. The summed E-state index contributed by atoms with van der Waals surface area (Å²) in [5.74, 6) is -0.0140. The fraction of sp³-hybridized carbons (Fsp3) is 0.278. The minimum Gasteiger partial charge on any atom is -0.334 e. The van der Waals surface area contributed by atoms with Crippen molar-refractivity contribution in [2.75, 3.05) is 13.1 Å². The van der Waals surface area contributed by atoms with Gasteiger partial charge in [0, 0.05) is 25.7 Å². The summed E-state index contributed by atoms with van der Waals surface area (Å²) in [6.07, 6.45) is 0.770. The quantitative estimate of drug-likeness (QED) is 0.733. The van der Waals surface area contributed by atoms with Crippen molar-refractivity contribution in [2.45, 2.75) is 13.0 Å². The number of aromatic nitrogens is 3. The number of halogens is 1. The molecule has 1 heterocycles. The van der Waals surface area contributed by atoms with Gasteiger partial charge in [-0.25, -0.2) is 4.68 Å². The van der Waals surface area contributed by atoms with E-state index in [1.807, 2.05) is 54.4 Å². The number of benzene rings is 2. The van der Waals surface area contributed by atoms with Gasteiger partial charge in [0.15, 0.2) is 0 Å². The van der Waals surface area contributed by atoms with E-state index in [1.165, 1.54) is 0 Å². The summed E-state index contributed by atoms with van der Waals surface area (Å²) in [4.78, 5) is 14.8. The number of amides is 1. The van der Waals surface area contributed by atoms with Gasteiger partial charge in [-0.15, -0.1) is 17.5 Å². The number of fused-ring (bicyclic) bond motifs is 1. The lowest BCUT2D eigenvalue weighted by molar-refractivity contribution is 0.0742. The van der Waals surface area contributed by atoms with Crippen LogP contribution >= 0.6 is 12.4 Å². The highest BCUT2D eigenvalue weighted by molar-refractivity contribution is 5.97. The number of hydrogen-bond acceptors (Lipinski definition) is 4. The molecule has 1 amide bonds. The van der Waals surface area contributed by atoms with Gasteiger partial charge in [0.1, 0.15) is 5.52 Å². The molecule has 0 fully saturated rings. The molecule has 3 rings (SSSR count). The Morgan fingerprint density at radius 1 is 1.20 bits per heavy atom. The molecular weight excluding hydrogens is 338 g/mol. The molecule has 6 nitrogen and oxygen atoms in total. The minimum atomic E-state index is -0.0140. The molecule has 7 heteroatoms. The van der Waals surface area contributed by atoms with Crippen LogP contribution in [0.5, 0.6) is 0 Å². The Morgan fingerprint density at radius 2 is 1.96 bits per heavy atom. The second-order valence-electron chi connectivity index (χ2n) is 5.77. The van der Waals surface area contributed by atoms with Gasteiger partial charge in [0.05, 0.1) is 5.52 Å². The normalized spacial score (nSPS) is 10.5. The van der Waals surface area contributed by atoms with E-state index in [4.69, 9.17) is 5.73 Å². The summed E-state index contributed by atoms with van der Waals surface area (Å²) in [5, 5.41) is 8.07. The second kappa shape index (κ2) is 8.60. The summed E-state index contributed by atoms with van der Waals surface area (Å²) in [6, 6.07) is 15.5. The Kier molecular flexibility index (Phi) is 6.50. The minimum absolute atomic E-state index is 0. The van der Waals surface area contributed by atoms with Crippen molar-refractivity contribution in [2.24, 2.45) is 12.8 Å². The van der Waals surface area contributed by atoms with Crippen molar-refractivity contribution >= 4 is 29.3 Å². The highest BCUT2D eigenvalue weighted by atomic mass is 35.5. The predicted octanol–water partition coefficient (Wildman–Crippen LogP) is 2.38. The van der Waals surface area contributed by atoms with E-state index in [9.17, 15) is 4.79 Å². The molecule has 0 saturated carbocycles. The van der Waals surface area contributed by atoms with Gasteiger partial charge in [0.2, 0.25) is 0 Å². The Hall–Kier alpha value is -2.44. The molecule has 3 aromatic rings. The zero-order valence-electron chi connectivity index (χ0n) is 14.1. The van der Waals surface area contributed by atoms with Crippen LogP contribution < -0.4 is 5.73 Å². The topological polar surface area (TPSA) is 77.0 Å². The number of carbonyl (C=O) groups excluding carboxylic acids is 1. The van der Waals surface area contributed by atoms with Crippen LogP contribution in [0.4, 0.5) is 0 Å². The van der Waals surface area contributed by atoms with E-state index in [0.717, 1.165) is 23.0 Å². The lowest BCUT2D eigenvalue weighted by Gasteiger charge is -2.23. The van der Waals surface area contributed by atoms with Crippen molar-refractivity contribution in [1.29, 1.82) is 0 Å². The third-order valence-corrected chi connectivity index (χ3v) is 3.99. The molecule has 0 aliphatic carbocycles. The zero-order chi connectivity index (χ0) is 16.9. The first-order valence-electron chi connectivity index (χ1n) is 8.02. The largest absolute Gasteiger partial charge is 0.334 e. The van der Waals surface area contributed by atoms with Gasteiger partial charge >= 0.3 is 0 Å². The van der Waals surface area contributed by atoms with E-state index in [0.29, 0.717) is 25.2 Å². The Balaban J connectivity index is 0.00000225. The maximum atomic E-state index is 12.9. The van der Waals surface area contributed by atoms with Gasteiger partial charge < -0.3 is 10.6 Å². The molecular formula is C18H22ClN5O. The first-order chi connectivity index (χ1) is 11.7. The van der Waals surface area contributed by atoms with Crippen molar-refractivity contribution in [3.05, 3.63) is 59.7 Å². The first kappa shape index (κ1) is 18.9. The van der Waals surface area contributed by atoms with E-state index in [1.54, 1.807) is 10.7 Å². The van der Waals surface area contributed by atoms with Gasteiger partial charge in [-0.05, 0) is 36.7 Å². The van der Waals surface area contributed by atoms with Crippen molar-refractivity contribution in [3.63, 3.8) is 0 Å². The molecule has 2 aromatic carbocycles. The summed E-state index contributed by atoms with van der Waals surface area (Å²) in [5.41, 5.74) is 8.98. The standard InChI is InChI=1S/C18H21N5O.ClH/c1-22-17-9-8-15(12-16(17)20-21-22)18(24)23(11-5-10-19)13-14-6-3-2-4-7-14;/h2-4,6-9,12H,5,10-11,13,19H2,1H3;1H. The number of nitrogens with two attached hydrogens (primary N) is 1. The lowest BCUT2D eigenvalue weighted by atomic mass is 10.1. The number of rotatable bonds is 6. The SMILES string of the molecule is Cl.Cn1nnc2cc(C(=O)N(CCCN)Cc3ccccc3)ccc21. The van der Waals surface area contributed by atoms with E-state index < -0.39 is 0 Å². The molecule has 0 atom stereocenters. The fourth-order valence-electron chi connectivity index (χ4n) is 2.69. The molecule has 0 saturated heterocycles. The summed E-state index contributed by atoms with van der Waals surface area (Å²) in [7, 11) is 1.83. The molecule has 132 valence electrons. The van der Waals surface area contributed by atoms with Gasteiger partial charge in [-0.2, -0.15) is 0 Å². The molecule has 1 aromatic heterocycles. The van der Waals surface area contributed by atoms with Gasteiger partial charge in [0.25, 0.3) is 5.91 Å². The van der Waals surface area contributed by atoms with Gasteiger partial charge in [-0.1, -0.05) is 35.5 Å². The third kappa shape index (κ3) is 4.35. The molecule has 0 aliphatic rings. The van der Waals surface area contributed by atoms with Crippen molar-refractivity contribution in [1.82, 2.24) is 19.9 Å². The third-order valence-electron chi connectivity index (χ3n) is 3.99. The average molecular weight is 360 g/mol. The smallest absolute Gasteiger partial charge is 0.254 e. The first-order valence-corrected chi connectivity index (χ1v) is 8.02. The molecule has 2 N–H and O–H groups in total. The van der Waals surface area contributed by atoms with Crippen LogP contribution in [0.15, 0.2) is 48.5 Å². The summed E-state index contributed by atoms with van der Waals surface area (Å²) in [6.45, 7) is 1.75. The van der Waals surface area contributed by atoms with Crippen LogP contribution in [0.2, 0.25) is 0 Å². The van der Waals surface area contributed by atoms with Crippen LogP contribution in [-0.4, -0.2) is 38.9 Å².